The Morgan fingerprint density at radius 1 is 1.00 bits per heavy atom. The van der Waals surface area contributed by atoms with Gasteiger partial charge in [0.05, 0.1) is 31.8 Å². The van der Waals surface area contributed by atoms with E-state index in [2.05, 4.69) is 4.90 Å². The minimum absolute atomic E-state index is 0.176. The largest absolute Gasteiger partial charge is 0.491 e. The second-order valence-corrected chi connectivity index (χ2v) is 8.56. The molecule has 0 radical (unpaired) electrons. The summed E-state index contributed by atoms with van der Waals surface area (Å²) in [5.74, 6) is -2.73. The van der Waals surface area contributed by atoms with Gasteiger partial charge in [0.15, 0.2) is 0 Å². The lowest BCUT2D eigenvalue weighted by Gasteiger charge is -2.20. The number of hydrogen-bond donors (Lipinski definition) is 5. The number of ether oxygens (including phenoxy) is 1. The highest BCUT2D eigenvalue weighted by atomic mass is 35.5. The number of benzene rings is 1. The van der Waals surface area contributed by atoms with Crippen LogP contribution in [0.5, 0.6) is 5.75 Å². The molecule has 11 nitrogen and oxygen atoms in total. The number of carbonyl (C=O) groups is 4. The van der Waals surface area contributed by atoms with Crippen molar-refractivity contribution < 1.29 is 44.3 Å². The first-order chi connectivity index (χ1) is 16.3. The van der Waals surface area contributed by atoms with Crippen LogP contribution in [0.2, 0.25) is 5.02 Å². The minimum atomic E-state index is -1.08. The lowest BCUT2D eigenvalue weighted by atomic mass is 10.1. The monoisotopic (exact) mass is 518 g/mol. The van der Waals surface area contributed by atoms with Crippen molar-refractivity contribution in [3.8, 4) is 5.75 Å². The van der Waals surface area contributed by atoms with Gasteiger partial charge < -0.3 is 30.9 Å². The normalized spacial score (nSPS) is 14.8. The molecule has 0 unspecified atom stereocenters. The Kier molecular flexibility index (Phi) is 16.1. The SMILES string of the molecule is CC(C)Oc1ccc(Cl)cc1CN1CC[C@@H](CN)C1.O=C(O)CCC(=O)O.O=C(O)CCC(=O)O. The molecule has 6 N–H and O–H groups in total. The molecule has 1 fully saturated rings. The molecule has 0 bridgehead atoms. The number of nitrogens with two attached hydrogens (primary N) is 1. The number of carboxylic acids is 4. The van der Waals surface area contributed by atoms with Gasteiger partial charge in [-0.05, 0) is 57.5 Å². The number of likely N-dealkylation sites (tertiary alicyclic amines) is 1. The first-order valence-corrected chi connectivity index (χ1v) is 11.5. The van der Waals surface area contributed by atoms with Crippen LogP contribution >= 0.6 is 11.6 Å². The second-order valence-electron chi connectivity index (χ2n) is 8.12. The fraction of sp³-hybridized carbons (Fsp3) is 0.565. The molecule has 1 aromatic rings. The maximum absolute atomic E-state index is 9.64. The van der Waals surface area contributed by atoms with E-state index < -0.39 is 23.9 Å². The summed E-state index contributed by atoms with van der Waals surface area (Å²) in [5, 5.41) is 32.4. The number of nitrogens with zero attached hydrogens (tertiary/aromatic N) is 1. The summed E-state index contributed by atoms with van der Waals surface area (Å²) in [5.41, 5.74) is 6.90. The van der Waals surface area contributed by atoms with Crippen molar-refractivity contribution in [2.24, 2.45) is 11.7 Å². The topological polar surface area (TPSA) is 188 Å². The highest BCUT2D eigenvalue weighted by Crippen LogP contribution is 2.27. The predicted octanol–water partition coefficient (Wildman–Crippen LogP) is 2.78. The van der Waals surface area contributed by atoms with Gasteiger partial charge >= 0.3 is 23.9 Å². The van der Waals surface area contributed by atoms with E-state index in [0.717, 1.165) is 37.0 Å². The Labute approximate surface area is 209 Å². The number of carboxylic acid groups (broad SMARTS) is 4. The Morgan fingerprint density at radius 2 is 1.49 bits per heavy atom. The molecule has 1 atom stereocenters. The van der Waals surface area contributed by atoms with Gasteiger partial charge in [0, 0.05) is 23.7 Å². The Morgan fingerprint density at radius 3 is 1.86 bits per heavy atom. The lowest BCUT2D eigenvalue weighted by Crippen LogP contribution is -2.23. The molecule has 1 heterocycles. The smallest absolute Gasteiger partial charge is 0.303 e. The Bertz CT molecular complexity index is 777. The van der Waals surface area contributed by atoms with Gasteiger partial charge in [0.2, 0.25) is 0 Å². The zero-order valence-corrected chi connectivity index (χ0v) is 20.7. The average Bonchev–Trinajstić information content (AvgIpc) is 3.21. The van der Waals surface area contributed by atoms with E-state index in [4.69, 9.17) is 42.5 Å². The van der Waals surface area contributed by atoms with E-state index in [1.165, 1.54) is 12.0 Å². The third kappa shape index (κ3) is 17.2. The molecule has 198 valence electrons. The molecular weight excluding hydrogens is 484 g/mol. The summed E-state index contributed by atoms with van der Waals surface area (Å²) in [6.07, 6.45) is 0.183. The van der Waals surface area contributed by atoms with Crippen LogP contribution in [0.3, 0.4) is 0 Å². The van der Waals surface area contributed by atoms with Crippen molar-refractivity contribution in [2.75, 3.05) is 19.6 Å². The van der Waals surface area contributed by atoms with Gasteiger partial charge in [-0.2, -0.15) is 0 Å². The predicted molar refractivity (Wildman–Crippen MR) is 129 cm³/mol. The maximum atomic E-state index is 9.64. The van der Waals surface area contributed by atoms with E-state index in [1.807, 2.05) is 32.0 Å². The first kappa shape index (κ1) is 32.1. The summed E-state index contributed by atoms with van der Waals surface area (Å²) in [6.45, 7) is 7.93. The average molecular weight is 519 g/mol. The van der Waals surface area contributed by atoms with Crippen molar-refractivity contribution in [1.29, 1.82) is 0 Å². The Hall–Kier alpha value is -2.89. The lowest BCUT2D eigenvalue weighted by molar-refractivity contribution is -0.143. The summed E-state index contributed by atoms with van der Waals surface area (Å²) in [6, 6.07) is 5.86. The zero-order valence-electron chi connectivity index (χ0n) is 20.0. The number of hydrogen-bond acceptors (Lipinski definition) is 7. The molecule has 12 heteroatoms. The van der Waals surface area contributed by atoms with Crippen LogP contribution in [-0.2, 0) is 25.7 Å². The van der Waals surface area contributed by atoms with E-state index >= 15 is 0 Å². The van der Waals surface area contributed by atoms with Gasteiger partial charge in [0.25, 0.3) is 0 Å². The molecule has 2 rings (SSSR count). The van der Waals surface area contributed by atoms with Crippen LogP contribution in [-0.4, -0.2) is 74.9 Å². The zero-order chi connectivity index (χ0) is 27.0. The van der Waals surface area contributed by atoms with E-state index in [0.29, 0.717) is 5.92 Å². The van der Waals surface area contributed by atoms with Crippen LogP contribution in [0.25, 0.3) is 0 Å². The van der Waals surface area contributed by atoms with Crippen LogP contribution < -0.4 is 10.5 Å². The second kappa shape index (κ2) is 17.5. The van der Waals surface area contributed by atoms with Crippen LogP contribution in [0.4, 0.5) is 0 Å². The summed E-state index contributed by atoms with van der Waals surface area (Å²) < 4.78 is 5.85. The molecule has 0 aliphatic carbocycles. The number of aliphatic carboxylic acids is 4. The van der Waals surface area contributed by atoms with Crippen molar-refractivity contribution in [3.05, 3.63) is 28.8 Å². The molecule has 1 aromatic carbocycles. The van der Waals surface area contributed by atoms with Crippen LogP contribution in [0.1, 0.15) is 51.5 Å². The molecule has 0 aromatic heterocycles. The van der Waals surface area contributed by atoms with E-state index in [-0.39, 0.29) is 31.8 Å². The summed E-state index contributed by atoms with van der Waals surface area (Å²) in [7, 11) is 0. The summed E-state index contributed by atoms with van der Waals surface area (Å²) in [4.78, 5) is 41.0. The third-order valence-corrected chi connectivity index (χ3v) is 4.82. The van der Waals surface area contributed by atoms with Crippen molar-refractivity contribution in [2.45, 2.75) is 58.6 Å². The van der Waals surface area contributed by atoms with Gasteiger partial charge in [-0.15, -0.1) is 0 Å². The quantitative estimate of drug-likeness (QED) is 0.289. The maximum Gasteiger partial charge on any atom is 0.303 e. The molecular formula is C23H35ClN2O9. The molecule has 1 saturated heterocycles. The van der Waals surface area contributed by atoms with Crippen LogP contribution in [0.15, 0.2) is 18.2 Å². The molecule has 0 saturated carbocycles. The highest BCUT2D eigenvalue weighted by Gasteiger charge is 2.22. The van der Waals surface area contributed by atoms with E-state index in [9.17, 15) is 19.2 Å². The van der Waals surface area contributed by atoms with Gasteiger partial charge in [0.1, 0.15) is 5.75 Å². The van der Waals surface area contributed by atoms with Crippen molar-refractivity contribution in [3.63, 3.8) is 0 Å². The van der Waals surface area contributed by atoms with E-state index in [1.54, 1.807) is 0 Å². The molecule has 0 amide bonds. The fourth-order valence-corrected chi connectivity index (χ4v) is 3.15. The standard InChI is InChI=1S/C15H23ClN2O.2C4H6O4/c1-11(2)19-15-4-3-14(16)7-13(15)10-18-6-5-12(8-17)9-18;2*5-3(6)1-2-4(7)8/h3-4,7,11-12H,5-6,8-10,17H2,1-2H3;2*1-2H2,(H,5,6)(H,7,8)/t12-;;/m0../s1. The Balaban J connectivity index is 0.000000601. The fourth-order valence-electron chi connectivity index (χ4n) is 2.96. The van der Waals surface area contributed by atoms with Gasteiger partial charge in [-0.25, -0.2) is 0 Å². The first-order valence-electron chi connectivity index (χ1n) is 11.1. The third-order valence-electron chi connectivity index (χ3n) is 4.59. The number of halogens is 1. The van der Waals surface area contributed by atoms with Crippen molar-refractivity contribution >= 4 is 35.5 Å². The number of rotatable bonds is 11. The molecule has 1 aliphatic heterocycles. The van der Waals surface area contributed by atoms with Gasteiger partial charge in [-0.1, -0.05) is 11.6 Å². The van der Waals surface area contributed by atoms with Crippen molar-refractivity contribution in [1.82, 2.24) is 4.90 Å². The van der Waals surface area contributed by atoms with Gasteiger partial charge in [-0.3, -0.25) is 24.1 Å². The molecule has 1 aliphatic rings. The molecule has 35 heavy (non-hydrogen) atoms. The van der Waals surface area contributed by atoms with Crippen LogP contribution in [0, 0.1) is 5.92 Å². The minimum Gasteiger partial charge on any atom is -0.491 e. The highest BCUT2D eigenvalue weighted by molar-refractivity contribution is 6.30. The molecule has 0 spiro atoms. The summed E-state index contributed by atoms with van der Waals surface area (Å²) >= 11 is 6.10.